The van der Waals surface area contributed by atoms with Crippen molar-refractivity contribution in [2.24, 2.45) is 5.41 Å². The van der Waals surface area contributed by atoms with Crippen LogP contribution in [-0.2, 0) is 16.1 Å². The molecule has 0 saturated carbocycles. The maximum Gasteiger partial charge on any atom is 0.261 e. The number of pyridine rings is 2. The van der Waals surface area contributed by atoms with Crippen LogP contribution in [0, 0.1) is 5.41 Å². The lowest BCUT2D eigenvalue weighted by Gasteiger charge is -2.27. The van der Waals surface area contributed by atoms with Crippen LogP contribution in [0.2, 0.25) is 0 Å². The van der Waals surface area contributed by atoms with E-state index in [0.717, 1.165) is 12.0 Å². The maximum atomic E-state index is 13.1. The Hall–Kier alpha value is -3.96. The fourth-order valence-corrected chi connectivity index (χ4v) is 5.88. The zero-order valence-electron chi connectivity index (χ0n) is 24.8. The SMILES string of the molecule is CCN1C(=O)C(C)(C)C(=O)N(C)c2cc(OCCCNC(CCn3ccc4oc(Br)cc4c3=O)c3ccncc3)ccc21. The number of carbonyl (C=O) groups is 2. The van der Waals surface area contributed by atoms with Gasteiger partial charge in [0.15, 0.2) is 4.67 Å². The molecule has 1 N–H and O–H groups in total. The standard InChI is InChI=1S/C32H36BrN5O5/c1-5-38-25-8-7-22(19-26(25)36(4)30(40)32(2,3)31(38)41)42-18-6-13-35-24(21-9-14-34-15-10-21)11-16-37-17-12-27-23(29(37)39)20-28(33)43-27/h7-10,12,14-15,17,19-20,24,35H,5-6,11,13,16,18H2,1-4H3. The number of hydrogen-bond donors (Lipinski definition) is 1. The molecule has 0 saturated heterocycles. The maximum absolute atomic E-state index is 13.1. The van der Waals surface area contributed by atoms with E-state index in [-0.39, 0.29) is 23.4 Å². The van der Waals surface area contributed by atoms with Crippen molar-refractivity contribution in [1.29, 1.82) is 0 Å². The molecule has 1 aromatic carbocycles. The van der Waals surface area contributed by atoms with Gasteiger partial charge in [-0.3, -0.25) is 19.4 Å². The van der Waals surface area contributed by atoms with Crippen molar-refractivity contribution in [2.45, 2.75) is 46.2 Å². The molecule has 1 aliphatic heterocycles. The van der Waals surface area contributed by atoms with E-state index in [4.69, 9.17) is 9.15 Å². The highest BCUT2D eigenvalue weighted by molar-refractivity contribution is 9.10. The van der Waals surface area contributed by atoms with E-state index < -0.39 is 5.41 Å². The van der Waals surface area contributed by atoms with Gasteiger partial charge in [-0.1, -0.05) is 0 Å². The second-order valence-electron chi connectivity index (χ2n) is 11.1. The minimum absolute atomic E-state index is 0.00903. The molecule has 4 aromatic rings. The summed E-state index contributed by atoms with van der Waals surface area (Å²) in [5, 5.41) is 4.15. The monoisotopic (exact) mass is 649 g/mol. The molecular weight excluding hydrogens is 614 g/mol. The van der Waals surface area contributed by atoms with E-state index in [1.807, 2.05) is 43.3 Å². The van der Waals surface area contributed by atoms with Crippen LogP contribution < -0.4 is 25.4 Å². The molecule has 0 spiro atoms. The highest BCUT2D eigenvalue weighted by Crippen LogP contribution is 2.40. The molecule has 5 rings (SSSR count). The third-order valence-corrected chi connectivity index (χ3v) is 8.30. The van der Waals surface area contributed by atoms with Gasteiger partial charge in [0.25, 0.3) is 5.56 Å². The van der Waals surface area contributed by atoms with Crippen molar-refractivity contribution >= 4 is 50.1 Å². The zero-order chi connectivity index (χ0) is 30.7. The van der Waals surface area contributed by atoms with Crippen LogP contribution in [-0.4, -0.2) is 48.1 Å². The number of halogens is 1. The molecule has 0 aliphatic carbocycles. The van der Waals surface area contributed by atoms with Gasteiger partial charge in [-0.25, -0.2) is 0 Å². The smallest absolute Gasteiger partial charge is 0.261 e. The second kappa shape index (κ2) is 12.7. The Labute approximate surface area is 258 Å². The van der Waals surface area contributed by atoms with Crippen molar-refractivity contribution < 1.29 is 18.7 Å². The number of amides is 2. The Bertz CT molecular complexity index is 1680. The molecule has 1 atom stereocenters. The van der Waals surface area contributed by atoms with E-state index in [0.29, 0.717) is 65.4 Å². The first-order chi connectivity index (χ1) is 20.6. The Morgan fingerprint density at radius 2 is 1.81 bits per heavy atom. The Morgan fingerprint density at radius 3 is 2.56 bits per heavy atom. The summed E-state index contributed by atoms with van der Waals surface area (Å²) in [6.07, 6.45) is 6.73. The summed E-state index contributed by atoms with van der Waals surface area (Å²) in [5.41, 5.74) is 1.75. The van der Waals surface area contributed by atoms with Gasteiger partial charge in [-0.15, -0.1) is 0 Å². The van der Waals surface area contributed by atoms with Gasteiger partial charge in [0.1, 0.15) is 16.7 Å². The number of benzene rings is 1. The van der Waals surface area contributed by atoms with Gasteiger partial charge in [-0.2, -0.15) is 0 Å². The lowest BCUT2D eigenvalue weighted by atomic mass is 9.90. The summed E-state index contributed by atoms with van der Waals surface area (Å²) in [4.78, 5) is 46.5. The van der Waals surface area contributed by atoms with Gasteiger partial charge in [0.2, 0.25) is 11.8 Å². The largest absolute Gasteiger partial charge is 0.493 e. The van der Waals surface area contributed by atoms with Crippen LogP contribution >= 0.6 is 15.9 Å². The van der Waals surface area contributed by atoms with Gasteiger partial charge >= 0.3 is 0 Å². The van der Waals surface area contributed by atoms with E-state index in [1.54, 1.807) is 59.9 Å². The summed E-state index contributed by atoms with van der Waals surface area (Å²) >= 11 is 3.30. The molecule has 11 heteroatoms. The summed E-state index contributed by atoms with van der Waals surface area (Å²) in [7, 11) is 1.70. The van der Waals surface area contributed by atoms with Gasteiger partial charge in [0, 0.05) is 56.9 Å². The lowest BCUT2D eigenvalue weighted by molar-refractivity contribution is -0.137. The van der Waals surface area contributed by atoms with Crippen molar-refractivity contribution in [2.75, 3.05) is 36.5 Å². The number of carbonyl (C=O) groups excluding carboxylic acids is 2. The average molecular weight is 651 g/mol. The molecule has 2 amide bonds. The third kappa shape index (κ3) is 6.23. The van der Waals surface area contributed by atoms with Gasteiger partial charge < -0.3 is 28.8 Å². The van der Waals surface area contributed by atoms with E-state index in [1.165, 1.54) is 0 Å². The summed E-state index contributed by atoms with van der Waals surface area (Å²) in [6.45, 7) is 7.38. The number of rotatable bonds is 11. The summed E-state index contributed by atoms with van der Waals surface area (Å²) in [6, 6.07) is 13.0. The lowest BCUT2D eigenvalue weighted by Crippen LogP contribution is -2.47. The van der Waals surface area contributed by atoms with Gasteiger partial charge in [-0.05, 0) is 92.0 Å². The van der Waals surface area contributed by atoms with E-state index in [9.17, 15) is 14.4 Å². The van der Waals surface area contributed by atoms with Crippen LogP contribution in [0.4, 0.5) is 11.4 Å². The Morgan fingerprint density at radius 1 is 1.05 bits per heavy atom. The van der Waals surface area contributed by atoms with Crippen molar-refractivity contribution in [3.63, 3.8) is 0 Å². The quantitative estimate of drug-likeness (QED) is 0.173. The van der Waals surface area contributed by atoms with E-state index in [2.05, 4.69) is 26.2 Å². The zero-order valence-corrected chi connectivity index (χ0v) is 26.4. The first-order valence-electron chi connectivity index (χ1n) is 14.4. The third-order valence-electron chi connectivity index (χ3n) is 7.91. The molecule has 3 aromatic heterocycles. The molecule has 0 bridgehead atoms. The first kappa shape index (κ1) is 30.5. The van der Waals surface area contributed by atoms with Crippen LogP contribution in [0.5, 0.6) is 5.75 Å². The van der Waals surface area contributed by atoms with Crippen LogP contribution in [0.25, 0.3) is 11.0 Å². The number of hydrogen-bond acceptors (Lipinski definition) is 7. The minimum Gasteiger partial charge on any atom is -0.493 e. The topological polar surface area (TPSA) is 110 Å². The van der Waals surface area contributed by atoms with Crippen molar-refractivity contribution in [1.82, 2.24) is 14.9 Å². The number of aromatic nitrogens is 2. The van der Waals surface area contributed by atoms with Crippen LogP contribution in [0.3, 0.4) is 0 Å². The Balaban J connectivity index is 1.21. The normalized spacial score (nSPS) is 15.5. The molecule has 10 nitrogen and oxygen atoms in total. The molecule has 0 radical (unpaired) electrons. The van der Waals surface area contributed by atoms with Crippen LogP contribution in [0.1, 0.15) is 45.2 Å². The summed E-state index contributed by atoms with van der Waals surface area (Å²) < 4.78 is 13.8. The number of ether oxygens (including phenoxy) is 1. The fourth-order valence-electron chi connectivity index (χ4n) is 5.48. The molecular formula is C32H36BrN5O5. The molecule has 226 valence electrons. The molecule has 4 heterocycles. The molecule has 43 heavy (non-hydrogen) atoms. The highest BCUT2D eigenvalue weighted by atomic mass is 79.9. The number of nitrogens with zero attached hydrogens (tertiary/aromatic N) is 4. The number of nitrogens with one attached hydrogen (secondary N) is 1. The molecule has 1 unspecified atom stereocenters. The average Bonchev–Trinajstić information content (AvgIpc) is 3.39. The number of fused-ring (bicyclic) bond motifs is 2. The van der Waals surface area contributed by atoms with Crippen LogP contribution in [0.15, 0.2) is 74.9 Å². The number of anilines is 2. The molecule has 0 fully saturated rings. The predicted molar refractivity (Wildman–Crippen MR) is 170 cm³/mol. The number of aryl methyl sites for hydroxylation is 1. The van der Waals surface area contributed by atoms with Gasteiger partial charge in [0.05, 0.1) is 23.4 Å². The fraction of sp³-hybridized carbons (Fsp3) is 0.375. The second-order valence-corrected chi connectivity index (χ2v) is 11.9. The van der Waals surface area contributed by atoms with E-state index >= 15 is 0 Å². The van der Waals surface area contributed by atoms with Crippen molar-refractivity contribution in [3.05, 3.63) is 81.6 Å². The predicted octanol–water partition coefficient (Wildman–Crippen LogP) is 5.30. The number of furan rings is 1. The first-order valence-corrected chi connectivity index (χ1v) is 15.2. The Kier molecular flexibility index (Phi) is 9.03. The minimum atomic E-state index is -1.15. The van der Waals surface area contributed by atoms with Crippen molar-refractivity contribution in [3.8, 4) is 5.75 Å². The highest BCUT2D eigenvalue weighted by Gasteiger charge is 2.45. The molecule has 1 aliphatic rings. The summed E-state index contributed by atoms with van der Waals surface area (Å²) in [5.74, 6) is 0.167.